The molecule has 0 saturated heterocycles. The van der Waals surface area contributed by atoms with E-state index in [1.165, 1.54) is 57.8 Å². The molecule has 0 radical (unpaired) electrons. The first-order chi connectivity index (χ1) is 8.72. The molecule has 1 saturated carbocycles. The molecule has 0 aliphatic heterocycles. The Balaban J connectivity index is 2.35. The largest absolute Gasteiger partial charge is 0.271 e. The molecule has 3 N–H and O–H groups in total. The predicted molar refractivity (Wildman–Crippen MR) is 80.2 cm³/mol. The lowest BCUT2D eigenvalue weighted by molar-refractivity contribution is 0.174. The van der Waals surface area contributed by atoms with Crippen molar-refractivity contribution in [1.29, 1.82) is 0 Å². The van der Waals surface area contributed by atoms with Crippen LogP contribution in [0.3, 0.4) is 0 Å². The first kappa shape index (κ1) is 16.0. The Morgan fingerprint density at radius 2 is 1.78 bits per heavy atom. The van der Waals surface area contributed by atoms with Gasteiger partial charge in [0.25, 0.3) is 0 Å². The predicted octanol–water partition coefficient (Wildman–Crippen LogP) is 4.25. The van der Waals surface area contributed by atoms with E-state index >= 15 is 0 Å². The topological polar surface area (TPSA) is 38.0 Å². The Hall–Kier alpha value is -0.0800. The average Bonchev–Trinajstić information content (AvgIpc) is 2.39. The summed E-state index contributed by atoms with van der Waals surface area (Å²) in [4.78, 5) is 0. The molecule has 0 amide bonds. The highest BCUT2D eigenvalue weighted by Gasteiger charge is 2.29. The van der Waals surface area contributed by atoms with E-state index in [0.29, 0.717) is 6.04 Å². The smallest absolute Gasteiger partial charge is 0.0264 e. The molecule has 0 spiro atoms. The molecule has 0 bridgehead atoms. The Labute approximate surface area is 114 Å². The van der Waals surface area contributed by atoms with Crippen LogP contribution in [-0.2, 0) is 0 Å². The van der Waals surface area contributed by atoms with E-state index in [2.05, 4.69) is 26.2 Å². The van der Waals surface area contributed by atoms with Crippen molar-refractivity contribution in [3.63, 3.8) is 0 Å². The lowest BCUT2D eigenvalue weighted by Gasteiger charge is -2.36. The van der Waals surface area contributed by atoms with Crippen molar-refractivity contribution in [2.45, 2.75) is 84.6 Å². The zero-order valence-corrected chi connectivity index (χ0v) is 12.8. The molecule has 1 aliphatic rings. The van der Waals surface area contributed by atoms with Gasteiger partial charge in [0.15, 0.2) is 0 Å². The van der Waals surface area contributed by atoms with Crippen LogP contribution in [0.15, 0.2) is 0 Å². The minimum atomic E-state index is 0.539. The molecule has 0 heterocycles. The first-order valence-corrected chi connectivity index (χ1v) is 8.19. The molecule has 108 valence electrons. The fraction of sp³-hybridized carbons (Fsp3) is 1.00. The van der Waals surface area contributed by atoms with E-state index in [4.69, 9.17) is 5.84 Å². The second-order valence-corrected chi connectivity index (χ2v) is 6.38. The molecule has 1 fully saturated rings. The zero-order chi connectivity index (χ0) is 13.4. The van der Waals surface area contributed by atoms with Crippen LogP contribution in [0.4, 0.5) is 0 Å². The number of unbranched alkanes of at least 4 members (excludes halogenated alkanes) is 1. The molecule has 0 aromatic heterocycles. The summed E-state index contributed by atoms with van der Waals surface area (Å²) in [6.45, 7) is 6.93. The number of hydrazine groups is 1. The maximum Gasteiger partial charge on any atom is 0.0264 e. The van der Waals surface area contributed by atoms with Crippen LogP contribution in [0, 0.1) is 17.8 Å². The molecular weight excluding hydrogens is 220 g/mol. The van der Waals surface area contributed by atoms with E-state index in [-0.39, 0.29) is 0 Å². The fourth-order valence-electron chi connectivity index (χ4n) is 3.73. The van der Waals surface area contributed by atoms with Crippen LogP contribution in [0.5, 0.6) is 0 Å². The maximum absolute atomic E-state index is 5.80. The summed E-state index contributed by atoms with van der Waals surface area (Å²) in [6.07, 6.45) is 12.4. The molecule has 1 aliphatic carbocycles. The third-order valence-corrected chi connectivity index (χ3v) is 4.91. The van der Waals surface area contributed by atoms with Crippen molar-refractivity contribution in [1.82, 2.24) is 5.43 Å². The van der Waals surface area contributed by atoms with Crippen molar-refractivity contribution in [2.24, 2.45) is 23.6 Å². The van der Waals surface area contributed by atoms with Gasteiger partial charge in [-0.15, -0.1) is 0 Å². The average molecular weight is 254 g/mol. The summed E-state index contributed by atoms with van der Waals surface area (Å²) >= 11 is 0. The van der Waals surface area contributed by atoms with Gasteiger partial charge in [0.05, 0.1) is 0 Å². The number of hydrogen-bond acceptors (Lipinski definition) is 2. The fourth-order valence-corrected chi connectivity index (χ4v) is 3.73. The van der Waals surface area contributed by atoms with Crippen molar-refractivity contribution in [3.05, 3.63) is 0 Å². The third kappa shape index (κ3) is 4.89. The number of hydrogen-bond donors (Lipinski definition) is 2. The quantitative estimate of drug-likeness (QED) is 0.502. The molecule has 1 rings (SSSR count). The van der Waals surface area contributed by atoms with Gasteiger partial charge in [-0.25, -0.2) is 0 Å². The van der Waals surface area contributed by atoms with E-state index in [1.807, 2.05) is 0 Å². The summed E-state index contributed by atoms with van der Waals surface area (Å²) < 4.78 is 0. The SMILES string of the molecule is CCCCC1CCC(C(NN)C(C)CCC)CC1. The third-order valence-electron chi connectivity index (χ3n) is 4.91. The summed E-state index contributed by atoms with van der Waals surface area (Å²) in [5.74, 6) is 8.33. The Kier molecular flexibility index (Phi) is 7.92. The molecular formula is C16H34N2. The Morgan fingerprint density at radius 3 is 2.28 bits per heavy atom. The van der Waals surface area contributed by atoms with Gasteiger partial charge < -0.3 is 0 Å². The first-order valence-electron chi connectivity index (χ1n) is 8.19. The molecule has 18 heavy (non-hydrogen) atoms. The molecule has 0 aromatic carbocycles. The van der Waals surface area contributed by atoms with Gasteiger partial charge in [-0.3, -0.25) is 11.3 Å². The van der Waals surface area contributed by atoms with E-state index in [0.717, 1.165) is 17.8 Å². The Morgan fingerprint density at radius 1 is 1.11 bits per heavy atom. The molecule has 0 aromatic rings. The number of nitrogens with two attached hydrogens (primary N) is 1. The van der Waals surface area contributed by atoms with Gasteiger partial charge in [-0.05, 0) is 37.0 Å². The lowest BCUT2D eigenvalue weighted by Crippen LogP contribution is -2.46. The second kappa shape index (κ2) is 8.92. The summed E-state index contributed by atoms with van der Waals surface area (Å²) in [5, 5.41) is 0. The monoisotopic (exact) mass is 254 g/mol. The van der Waals surface area contributed by atoms with Crippen LogP contribution in [0.1, 0.15) is 78.6 Å². The molecule has 2 atom stereocenters. The summed E-state index contributed by atoms with van der Waals surface area (Å²) in [7, 11) is 0. The maximum atomic E-state index is 5.80. The van der Waals surface area contributed by atoms with Gasteiger partial charge in [0, 0.05) is 6.04 Å². The van der Waals surface area contributed by atoms with Crippen LogP contribution < -0.4 is 11.3 Å². The molecule has 2 nitrogen and oxygen atoms in total. The highest BCUT2D eigenvalue weighted by Crippen LogP contribution is 2.35. The summed E-state index contributed by atoms with van der Waals surface area (Å²) in [5.41, 5.74) is 3.11. The van der Waals surface area contributed by atoms with Gasteiger partial charge in [-0.2, -0.15) is 0 Å². The highest BCUT2D eigenvalue weighted by molar-refractivity contribution is 4.83. The van der Waals surface area contributed by atoms with Crippen molar-refractivity contribution < 1.29 is 0 Å². The van der Waals surface area contributed by atoms with E-state index < -0.39 is 0 Å². The van der Waals surface area contributed by atoms with Crippen molar-refractivity contribution in [3.8, 4) is 0 Å². The van der Waals surface area contributed by atoms with Crippen LogP contribution in [-0.4, -0.2) is 6.04 Å². The van der Waals surface area contributed by atoms with Crippen LogP contribution >= 0.6 is 0 Å². The minimum Gasteiger partial charge on any atom is -0.271 e. The van der Waals surface area contributed by atoms with Crippen molar-refractivity contribution in [2.75, 3.05) is 0 Å². The normalized spacial score (nSPS) is 28.0. The molecule has 2 unspecified atom stereocenters. The summed E-state index contributed by atoms with van der Waals surface area (Å²) in [6, 6.07) is 0.539. The van der Waals surface area contributed by atoms with Gasteiger partial charge in [-0.1, -0.05) is 59.3 Å². The standard InChI is InChI=1S/C16H34N2/c1-4-6-8-14-9-11-15(12-10-14)16(18-17)13(3)7-5-2/h13-16,18H,4-12,17H2,1-3H3. The minimum absolute atomic E-state index is 0.539. The number of nitrogens with one attached hydrogen (secondary N) is 1. The van der Waals surface area contributed by atoms with Gasteiger partial charge in [0.1, 0.15) is 0 Å². The van der Waals surface area contributed by atoms with Crippen LogP contribution in [0.25, 0.3) is 0 Å². The lowest BCUT2D eigenvalue weighted by atomic mass is 9.74. The van der Waals surface area contributed by atoms with Gasteiger partial charge in [0.2, 0.25) is 0 Å². The van der Waals surface area contributed by atoms with E-state index in [9.17, 15) is 0 Å². The van der Waals surface area contributed by atoms with Crippen molar-refractivity contribution >= 4 is 0 Å². The highest BCUT2D eigenvalue weighted by atomic mass is 15.2. The second-order valence-electron chi connectivity index (χ2n) is 6.38. The van der Waals surface area contributed by atoms with E-state index in [1.54, 1.807) is 0 Å². The van der Waals surface area contributed by atoms with Crippen LogP contribution in [0.2, 0.25) is 0 Å². The Bertz CT molecular complexity index is 197. The number of rotatable bonds is 8. The van der Waals surface area contributed by atoms with Gasteiger partial charge >= 0.3 is 0 Å². The zero-order valence-electron chi connectivity index (χ0n) is 12.8. The molecule has 2 heteroatoms.